The minimum Gasteiger partial charge on any atom is -0.466 e. The first-order chi connectivity index (χ1) is 8.18. The fourth-order valence-electron chi connectivity index (χ4n) is 2.50. The molecule has 96 valence electrons. The Labute approximate surface area is 103 Å². The van der Waals surface area contributed by atoms with Crippen molar-refractivity contribution in [2.75, 3.05) is 6.54 Å². The van der Waals surface area contributed by atoms with E-state index in [1.165, 1.54) is 38.5 Å². The maximum absolute atomic E-state index is 10.3. The van der Waals surface area contributed by atoms with Gasteiger partial charge in [0.2, 0.25) is 0 Å². The molecule has 0 spiro atoms. The summed E-state index contributed by atoms with van der Waals surface area (Å²) in [6.07, 6.45) is 9.39. The highest BCUT2D eigenvalue weighted by molar-refractivity contribution is 5.08. The Morgan fingerprint density at radius 1 is 1.35 bits per heavy atom. The van der Waals surface area contributed by atoms with Crippen LogP contribution in [0, 0.1) is 0 Å². The van der Waals surface area contributed by atoms with E-state index in [-0.39, 0.29) is 0 Å². The second-order valence-electron chi connectivity index (χ2n) is 5.32. The summed E-state index contributed by atoms with van der Waals surface area (Å²) >= 11 is 0. The lowest BCUT2D eigenvalue weighted by Gasteiger charge is -2.25. The SMILES string of the molecule is CC(O)(CNC1CCCCCC1)c1ccco1. The minimum atomic E-state index is -0.907. The summed E-state index contributed by atoms with van der Waals surface area (Å²) in [5.74, 6) is 0.638. The monoisotopic (exact) mass is 237 g/mol. The Balaban J connectivity index is 1.84. The van der Waals surface area contributed by atoms with E-state index >= 15 is 0 Å². The van der Waals surface area contributed by atoms with Gasteiger partial charge in [-0.2, -0.15) is 0 Å². The van der Waals surface area contributed by atoms with Crippen LogP contribution in [-0.2, 0) is 5.60 Å². The molecule has 0 aliphatic heterocycles. The number of nitrogens with one attached hydrogen (secondary N) is 1. The standard InChI is InChI=1S/C14H23NO2/c1-14(16,13-9-6-10-17-13)11-15-12-7-4-2-3-5-8-12/h6,9-10,12,15-16H,2-5,7-8,11H2,1H3. The highest BCUT2D eigenvalue weighted by atomic mass is 16.4. The third-order valence-corrected chi connectivity index (χ3v) is 3.64. The molecule has 1 heterocycles. The zero-order chi connectivity index (χ0) is 12.1. The Morgan fingerprint density at radius 2 is 2.06 bits per heavy atom. The van der Waals surface area contributed by atoms with Crippen LogP contribution in [0.1, 0.15) is 51.2 Å². The van der Waals surface area contributed by atoms with Gasteiger partial charge >= 0.3 is 0 Å². The second-order valence-corrected chi connectivity index (χ2v) is 5.32. The molecular formula is C14H23NO2. The van der Waals surface area contributed by atoms with E-state index in [9.17, 15) is 5.11 Å². The molecule has 1 aromatic rings. The van der Waals surface area contributed by atoms with E-state index in [1.54, 1.807) is 13.2 Å². The number of hydrogen-bond donors (Lipinski definition) is 2. The second kappa shape index (κ2) is 5.69. The third-order valence-electron chi connectivity index (χ3n) is 3.64. The highest BCUT2D eigenvalue weighted by Gasteiger charge is 2.27. The molecule has 0 saturated heterocycles. The summed E-state index contributed by atoms with van der Waals surface area (Å²) in [6, 6.07) is 4.20. The fourth-order valence-corrected chi connectivity index (χ4v) is 2.50. The predicted octanol–water partition coefficient (Wildman–Crippen LogP) is 2.80. The Bertz CT molecular complexity index is 311. The summed E-state index contributed by atoms with van der Waals surface area (Å²) in [6.45, 7) is 2.36. The molecule has 17 heavy (non-hydrogen) atoms. The molecule has 1 aliphatic rings. The smallest absolute Gasteiger partial charge is 0.136 e. The van der Waals surface area contributed by atoms with E-state index in [0.717, 1.165) is 0 Å². The summed E-state index contributed by atoms with van der Waals surface area (Å²) in [7, 11) is 0. The lowest BCUT2D eigenvalue weighted by molar-refractivity contribution is 0.0311. The maximum atomic E-state index is 10.3. The summed E-state index contributed by atoms with van der Waals surface area (Å²) in [5, 5.41) is 13.8. The van der Waals surface area contributed by atoms with Gasteiger partial charge in [-0.1, -0.05) is 25.7 Å². The number of aliphatic hydroxyl groups is 1. The van der Waals surface area contributed by atoms with Crippen molar-refractivity contribution in [2.45, 2.75) is 57.1 Å². The minimum absolute atomic E-state index is 0.555. The van der Waals surface area contributed by atoms with Crippen LogP contribution in [-0.4, -0.2) is 17.7 Å². The average molecular weight is 237 g/mol. The zero-order valence-corrected chi connectivity index (χ0v) is 10.6. The predicted molar refractivity (Wildman–Crippen MR) is 67.8 cm³/mol. The van der Waals surface area contributed by atoms with Crippen LogP contribution in [0.25, 0.3) is 0 Å². The molecule has 1 fully saturated rings. The van der Waals surface area contributed by atoms with Crippen LogP contribution < -0.4 is 5.32 Å². The van der Waals surface area contributed by atoms with Crippen molar-refractivity contribution < 1.29 is 9.52 Å². The third kappa shape index (κ3) is 3.58. The van der Waals surface area contributed by atoms with Crippen LogP contribution in [0.5, 0.6) is 0 Å². The van der Waals surface area contributed by atoms with Crippen molar-refractivity contribution in [3.05, 3.63) is 24.2 Å². The van der Waals surface area contributed by atoms with Gasteiger partial charge in [0.1, 0.15) is 11.4 Å². The molecule has 0 bridgehead atoms. The van der Waals surface area contributed by atoms with Crippen molar-refractivity contribution >= 4 is 0 Å². The molecule has 2 rings (SSSR count). The number of hydrogen-bond acceptors (Lipinski definition) is 3. The van der Waals surface area contributed by atoms with Crippen molar-refractivity contribution in [3.63, 3.8) is 0 Å². The Kier molecular flexibility index (Phi) is 4.24. The van der Waals surface area contributed by atoms with Gasteiger partial charge in [0.05, 0.1) is 6.26 Å². The summed E-state index contributed by atoms with van der Waals surface area (Å²) in [4.78, 5) is 0. The summed E-state index contributed by atoms with van der Waals surface area (Å²) < 4.78 is 5.27. The molecule has 0 radical (unpaired) electrons. The van der Waals surface area contributed by atoms with Crippen LogP contribution in [0.2, 0.25) is 0 Å². The van der Waals surface area contributed by atoms with Gasteiger partial charge in [-0.25, -0.2) is 0 Å². The molecule has 3 heteroatoms. The van der Waals surface area contributed by atoms with E-state index in [1.807, 2.05) is 12.1 Å². The molecule has 3 nitrogen and oxygen atoms in total. The van der Waals surface area contributed by atoms with Gasteiger partial charge < -0.3 is 14.8 Å². The lowest BCUT2D eigenvalue weighted by atomic mass is 10.0. The summed E-state index contributed by atoms with van der Waals surface area (Å²) in [5.41, 5.74) is -0.907. The molecular weight excluding hydrogens is 214 g/mol. The fraction of sp³-hybridized carbons (Fsp3) is 0.714. The van der Waals surface area contributed by atoms with E-state index in [2.05, 4.69) is 5.32 Å². The van der Waals surface area contributed by atoms with Gasteiger partial charge in [-0.05, 0) is 31.9 Å². The van der Waals surface area contributed by atoms with Crippen LogP contribution in [0.4, 0.5) is 0 Å². The highest BCUT2D eigenvalue weighted by Crippen LogP contribution is 2.22. The number of furan rings is 1. The van der Waals surface area contributed by atoms with Gasteiger partial charge in [0, 0.05) is 12.6 Å². The maximum Gasteiger partial charge on any atom is 0.136 e. The first-order valence-electron chi connectivity index (χ1n) is 6.68. The molecule has 1 unspecified atom stereocenters. The van der Waals surface area contributed by atoms with E-state index in [0.29, 0.717) is 18.3 Å². The van der Waals surface area contributed by atoms with Crippen LogP contribution in [0.3, 0.4) is 0 Å². The molecule has 0 amide bonds. The topological polar surface area (TPSA) is 45.4 Å². The molecule has 1 aliphatic carbocycles. The van der Waals surface area contributed by atoms with Gasteiger partial charge in [-0.15, -0.1) is 0 Å². The van der Waals surface area contributed by atoms with Crippen molar-refractivity contribution in [3.8, 4) is 0 Å². The normalized spacial score (nSPS) is 22.0. The molecule has 2 N–H and O–H groups in total. The van der Waals surface area contributed by atoms with Crippen molar-refractivity contribution in [1.82, 2.24) is 5.32 Å². The van der Waals surface area contributed by atoms with E-state index in [4.69, 9.17) is 4.42 Å². The van der Waals surface area contributed by atoms with Gasteiger partial charge in [-0.3, -0.25) is 0 Å². The molecule has 1 atom stereocenters. The first-order valence-corrected chi connectivity index (χ1v) is 6.68. The van der Waals surface area contributed by atoms with Crippen molar-refractivity contribution in [1.29, 1.82) is 0 Å². The Hall–Kier alpha value is -0.800. The molecule has 0 aromatic carbocycles. The largest absolute Gasteiger partial charge is 0.466 e. The lowest BCUT2D eigenvalue weighted by Crippen LogP contribution is -2.40. The number of rotatable bonds is 4. The van der Waals surface area contributed by atoms with Gasteiger partial charge in [0.15, 0.2) is 0 Å². The van der Waals surface area contributed by atoms with Crippen LogP contribution in [0.15, 0.2) is 22.8 Å². The Morgan fingerprint density at radius 3 is 2.65 bits per heavy atom. The molecule has 1 saturated carbocycles. The first kappa shape index (κ1) is 12.7. The molecule has 1 aromatic heterocycles. The van der Waals surface area contributed by atoms with E-state index < -0.39 is 5.60 Å². The average Bonchev–Trinajstić information content (AvgIpc) is 2.72. The quantitative estimate of drug-likeness (QED) is 0.791. The van der Waals surface area contributed by atoms with Crippen molar-refractivity contribution in [2.24, 2.45) is 0 Å². The van der Waals surface area contributed by atoms with Crippen LogP contribution >= 0.6 is 0 Å². The van der Waals surface area contributed by atoms with Gasteiger partial charge in [0.25, 0.3) is 0 Å². The zero-order valence-electron chi connectivity index (χ0n) is 10.6.